The van der Waals surface area contributed by atoms with Crippen molar-refractivity contribution in [2.24, 2.45) is 0 Å². The molecule has 1 aromatic carbocycles. The molecule has 0 saturated carbocycles. The van der Waals surface area contributed by atoms with Crippen LogP contribution in [0.2, 0.25) is 0 Å². The lowest BCUT2D eigenvalue weighted by Crippen LogP contribution is -1.93. The van der Waals surface area contributed by atoms with Gasteiger partial charge in [-0.2, -0.15) is 0 Å². The molecule has 70 valence electrons. The molecule has 0 saturated heterocycles. The van der Waals surface area contributed by atoms with Crippen LogP contribution in [-0.4, -0.2) is 0 Å². The second kappa shape index (κ2) is 4.44. The van der Waals surface area contributed by atoms with Gasteiger partial charge >= 0.3 is 0 Å². The Labute approximate surface area is 84.8 Å². The van der Waals surface area contributed by atoms with Gasteiger partial charge in [0.25, 0.3) is 0 Å². The Morgan fingerprint density at radius 2 is 1.36 bits per heavy atom. The van der Waals surface area contributed by atoms with Gasteiger partial charge in [0.05, 0.1) is 0 Å². The molecule has 0 radical (unpaired) electrons. The highest BCUT2D eigenvalue weighted by Crippen LogP contribution is 2.17. The van der Waals surface area contributed by atoms with Gasteiger partial charge in [0.15, 0.2) is 0 Å². The molecule has 0 fully saturated rings. The molecule has 1 rings (SSSR count). The van der Waals surface area contributed by atoms with Crippen LogP contribution in [0.4, 0.5) is 0 Å². The topological polar surface area (TPSA) is 8.72 Å². The van der Waals surface area contributed by atoms with Crippen LogP contribution in [0.1, 0.15) is 22.3 Å². The van der Waals surface area contributed by atoms with Gasteiger partial charge < -0.3 is 9.69 Å². The van der Waals surface area contributed by atoms with E-state index >= 15 is 0 Å². The minimum absolute atomic E-state index is 0.414. The lowest BCUT2D eigenvalue weighted by molar-refractivity contribution is 1.13. The monoisotopic (exact) mass is 184 g/mol. The van der Waals surface area contributed by atoms with Crippen molar-refractivity contribution >= 4 is 0 Å². The third-order valence-electron chi connectivity index (χ3n) is 2.29. The lowest BCUT2D eigenvalue weighted by atomic mass is 10.00. The van der Waals surface area contributed by atoms with E-state index in [0.717, 1.165) is 22.3 Å². The van der Waals surface area contributed by atoms with Crippen molar-refractivity contribution in [2.75, 3.05) is 0 Å². The van der Waals surface area contributed by atoms with Crippen LogP contribution in [0.15, 0.2) is 12.1 Å². The molecule has 0 heterocycles. The van der Waals surface area contributed by atoms with Gasteiger partial charge in [0, 0.05) is 11.1 Å². The lowest BCUT2D eigenvalue weighted by Gasteiger charge is -2.04. The average molecular weight is 184 g/mol. The summed E-state index contributed by atoms with van der Waals surface area (Å²) in [5.74, 6) is 0. The second-order valence-electron chi connectivity index (χ2n) is 3.34. The van der Waals surface area contributed by atoms with E-state index in [9.17, 15) is 0 Å². The molecule has 0 unspecified atom stereocenters. The van der Waals surface area contributed by atoms with Gasteiger partial charge in [-0.05, 0) is 31.0 Å². The third-order valence-corrected chi connectivity index (χ3v) is 2.29. The summed E-state index contributed by atoms with van der Waals surface area (Å²) in [7, 11) is 0. The SMILES string of the molecule is [C-]#[N+]Cc1cc(C[N+]#[C-])c(C)cc1C. The highest BCUT2D eigenvalue weighted by atomic mass is 14.6. The molecule has 14 heavy (non-hydrogen) atoms. The Morgan fingerprint density at radius 1 is 0.929 bits per heavy atom. The molecule has 0 spiro atoms. The van der Waals surface area contributed by atoms with E-state index in [2.05, 4.69) is 15.8 Å². The summed E-state index contributed by atoms with van der Waals surface area (Å²) in [5.41, 5.74) is 4.38. The second-order valence-corrected chi connectivity index (χ2v) is 3.34. The first-order chi connectivity index (χ1) is 6.69. The molecule has 0 atom stereocenters. The number of hydrogen-bond donors (Lipinski definition) is 0. The normalized spacial score (nSPS) is 9.14. The minimum atomic E-state index is 0.414. The Morgan fingerprint density at radius 3 is 1.71 bits per heavy atom. The Hall–Kier alpha value is -1.80. The van der Waals surface area contributed by atoms with Gasteiger partial charge in [-0.15, -0.1) is 0 Å². The quantitative estimate of drug-likeness (QED) is 0.624. The maximum absolute atomic E-state index is 6.83. The van der Waals surface area contributed by atoms with E-state index < -0.39 is 0 Å². The predicted molar refractivity (Wildman–Crippen MR) is 56.5 cm³/mol. The summed E-state index contributed by atoms with van der Waals surface area (Å²) < 4.78 is 0. The molecule has 1 aromatic rings. The molecule has 0 aliphatic rings. The summed E-state index contributed by atoms with van der Waals surface area (Å²) in [6, 6.07) is 4.04. The van der Waals surface area contributed by atoms with Crippen LogP contribution >= 0.6 is 0 Å². The average Bonchev–Trinajstić information content (AvgIpc) is 2.14. The van der Waals surface area contributed by atoms with Crippen LogP contribution in [0.25, 0.3) is 9.69 Å². The van der Waals surface area contributed by atoms with Crippen LogP contribution in [0.3, 0.4) is 0 Å². The number of aryl methyl sites for hydroxylation is 2. The smallest absolute Gasteiger partial charge is 0.240 e. The fourth-order valence-corrected chi connectivity index (χ4v) is 1.46. The first-order valence-corrected chi connectivity index (χ1v) is 4.44. The Kier molecular flexibility index (Phi) is 3.26. The highest BCUT2D eigenvalue weighted by Gasteiger charge is 2.07. The zero-order valence-electron chi connectivity index (χ0n) is 8.46. The van der Waals surface area contributed by atoms with Gasteiger partial charge in [-0.1, -0.05) is 6.07 Å². The van der Waals surface area contributed by atoms with E-state index in [-0.39, 0.29) is 0 Å². The van der Waals surface area contributed by atoms with E-state index in [0.29, 0.717) is 13.1 Å². The molecule has 2 heteroatoms. The first-order valence-electron chi connectivity index (χ1n) is 4.44. The third kappa shape index (κ3) is 2.12. The summed E-state index contributed by atoms with van der Waals surface area (Å²) in [5, 5.41) is 0. The molecule has 0 aliphatic heterocycles. The van der Waals surface area contributed by atoms with Crippen molar-refractivity contribution in [3.8, 4) is 0 Å². The summed E-state index contributed by atoms with van der Waals surface area (Å²) in [6.45, 7) is 18.5. The van der Waals surface area contributed by atoms with Crippen LogP contribution in [0, 0.1) is 27.0 Å². The van der Waals surface area contributed by atoms with Crippen molar-refractivity contribution in [1.82, 2.24) is 0 Å². The van der Waals surface area contributed by atoms with Crippen molar-refractivity contribution in [1.29, 1.82) is 0 Å². The molecule has 0 aromatic heterocycles. The van der Waals surface area contributed by atoms with E-state index in [4.69, 9.17) is 13.1 Å². The predicted octanol–water partition coefficient (Wildman–Crippen LogP) is 3.14. The standard InChI is InChI=1S/C12H12N2/c1-9-5-10(2)12(8-14-4)6-11(9)7-13-3/h5-6H,7-8H2,1-2H3. The zero-order valence-corrected chi connectivity index (χ0v) is 8.46. The molecular formula is C12H12N2. The molecule has 2 nitrogen and oxygen atoms in total. The molecule has 0 aliphatic carbocycles. The summed E-state index contributed by atoms with van der Waals surface area (Å²) in [6.07, 6.45) is 0. The maximum Gasteiger partial charge on any atom is 0.240 e. The molecule has 0 N–H and O–H groups in total. The van der Waals surface area contributed by atoms with Gasteiger partial charge in [0.2, 0.25) is 13.1 Å². The number of rotatable bonds is 2. The Bertz CT molecular complexity index is 382. The minimum Gasteiger partial charge on any atom is -0.312 e. The highest BCUT2D eigenvalue weighted by molar-refractivity contribution is 5.38. The van der Waals surface area contributed by atoms with Crippen LogP contribution in [0.5, 0.6) is 0 Å². The van der Waals surface area contributed by atoms with E-state index in [1.54, 1.807) is 0 Å². The van der Waals surface area contributed by atoms with Gasteiger partial charge in [-0.25, -0.2) is 13.1 Å². The fourth-order valence-electron chi connectivity index (χ4n) is 1.46. The molecular weight excluding hydrogens is 172 g/mol. The van der Waals surface area contributed by atoms with Crippen LogP contribution < -0.4 is 0 Å². The number of hydrogen-bond acceptors (Lipinski definition) is 0. The van der Waals surface area contributed by atoms with Crippen molar-refractivity contribution in [3.05, 3.63) is 57.2 Å². The van der Waals surface area contributed by atoms with Crippen molar-refractivity contribution in [2.45, 2.75) is 26.9 Å². The Balaban J connectivity index is 3.16. The van der Waals surface area contributed by atoms with Crippen LogP contribution in [-0.2, 0) is 13.1 Å². The van der Waals surface area contributed by atoms with Crippen molar-refractivity contribution < 1.29 is 0 Å². The maximum atomic E-state index is 6.83. The number of benzene rings is 1. The molecule has 0 bridgehead atoms. The molecule has 0 amide bonds. The summed E-state index contributed by atoms with van der Waals surface area (Å²) >= 11 is 0. The zero-order chi connectivity index (χ0) is 10.6. The van der Waals surface area contributed by atoms with Gasteiger partial charge in [-0.3, -0.25) is 0 Å². The van der Waals surface area contributed by atoms with Gasteiger partial charge in [0.1, 0.15) is 0 Å². The van der Waals surface area contributed by atoms with E-state index in [1.165, 1.54) is 0 Å². The summed E-state index contributed by atoms with van der Waals surface area (Å²) in [4.78, 5) is 6.74. The largest absolute Gasteiger partial charge is 0.312 e. The first kappa shape index (κ1) is 10.3. The number of nitrogens with zero attached hydrogens (tertiary/aromatic N) is 2. The van der Waals surface area contributed by atoms with Crippen molar-refractivity contribution in [3.63, 3.8) is 0 Å². The fraction of sp³-hybridized carbons (Fsp3) is 0.333. The van der Waals surface area contributed by atoms with E-state index in [1.807, 2.05) is 19.9 Å².